The Kier molecular flexibility index (Phi) is 7.40. The number of methoxy groups -OCH3 is 1. The zero-order valence-corrected chi connectivity index (χ0v) is 23.0. The van der Waals surface area contributed by atoms with E-state index in [1.54, 1.807) is 7.11 Å². The summed E-state index contributed by atoms with van der Waals surface area (Å²) >= 11 is 2.40. The molecule has 5 rings (SSSR count). The molecular weight excluding hydrogens is 555 g/mol. The van der Waals surface area contributed by atoms with Gasteiger partial charge in [0.25, 0.3) is 0 Å². The summed E-state index contributed by atoms with van der Waals surface area (Å²) in [6, 6.07) is 0.797. The van der Waals surface area contributed by atoms with Crippen molar-refractivity contribution >= 4 is 45.5 Å². The maximum absolute atomic E-state index is 6.29. The Morgan fingerprint density at radius 1 is 1.11 bits per heavy atom. The van der Waals surface area contributed by atoms with Gasteiger partial charge in [-0.05, 0) is 45.1 Å². The molecule has 0 radical (unpaired) electrons. The second kappa shape index (κ2) is 10.5. The highest BCUT2D eigenvalue weighted by Crippen LogP contribution is 2.37. The number of nitrogen functional groups attached to an aromatic ring is 1. The molecule has 0 spiro atoms. The van der Waals surface area contributed by atoms with Gasteiger partial charge in [0.1, 0.15) is 11.0 Å². The van der Waals surface area contributed by atoms with Crippen LogP contribution in [0.5, 0.6) is 0 Å². The van der Waals surface area contributed by atoms with Crippen molar-refractivity contribution in [3.05, 3.63) is 24.3 Å². The quantitative estimate of drug-likeness (QED) is 0.319. The van der Waals surface area contributed by atoms with E-state index in [1.165, 1.54) is 0 Å². The van der Waals surface area contributed by atoms with Crippen molar-refractivity contribution in [3.63, 3.8) is 0 Å². The van der Waals surface area contributed by atoms with Gasteiger partial charge in [-0.1, -0.05) is 13.8 Å². The molecule has 1 aliphatic carbocycles. The van der Waals surface area contributed by atoms with Crippen LogP contribution < -0.4 is 8.85 Å². The molecule has 1 aliphatic heterocycles. The fraction of sp³-hybridized carbons (Fsp3) is 0.600. The SMILES string of the molecule is CCc1nc2c(N)ncc(-c3cnn(C4CCN(CC)CC4)c3)c2nc1N(I)[C@@H]1CC[C@H](OC)C1. The van der Waals surface area contributed by atoms with Gasteiger partial charge >= 0.3 is 0 Å². The van der Waals surface area contributed by atoms with Crippen LogP contribution in [0.1, 0.15) is 57.7 Å². The number of pyridine rings is 1. The largest absolute Gasteiger partial charge is 0.382 e. The van der Waals surface area contributed by atoms with E-state index in [2.05, 4.69) is 60.6 Å². The minimum absolute atomic E-state index is 0.307. The minimum atomic E-state index is 0.307. The molecule has 4 heterocycles. The zero-order chi connectivity index (χ0) is 24.5. The van der Waals surface area contributed by atoms with Gasteiger partial charge in [-0.3, -0.25) is 7.80 Å². The number of rotatable bonds is 7. The first-order valence-corrected chi connectivity index (χ1v) is 13.7. The van der Waals surface area contributed by atoms with Gasteiger partial charge in [-0.2, -0.15) is 5.10 Å². The van der Waals surface area contributed by atoms with Gasteiger partial charge in [-0.15, -0.1) is 0 Å². The molecule has 1 saturated heterocycles. The molecule has 0 amide bonds. The summed E-state index contributed by atoms with van der Waals surface area (Å²) in [4.78, 5) is 17.1. The van der Waals surface area contributed by atoms with Gasteiger partial charge in [0.2, 0.25) is 0 Å². The summed E-state index contributed by atoms with van der Waals surface area (Å²) in [5.74, 6) is 1.32. The highest BCUT2D eigenvalue weighted by molar-refractivity contribution is 14.1. The van der Waals surface area contributed by atoms with E-state index in [9.17, 15) is 0 Å². The van der Waals surface area contributed by atoms with Crippen LogP contribution in [0.2, 0.25) is 0 Å². The molecule has 10 heteroatoms. The van der Waals surface area contributed by atoms with E-state index in [1.807, 2.05) is 12.4 Å². The van der Waals surface area contributed by atoms with Gasteiger partial charge in [0, 0.05) is 49.8 Å². The molecule has 9 nitrogen and oxygen atoms in total. The molecule has 2 N–H and O–H groups in total. The molecule has 2 atom stereocenters. The Hall–Kier alpha value is -2.05. The number of piperidine rings is 1. The lowest BCUT2D eigenvalue weighted by atomic mass is 10.1. The van der Waals surface area contributed by atoms with Crippen LogP contribution in [0.4, 0.5) is 11.6 Å². The summed E-state index contributed by atoms with van der Waals surface area (Å²) < 4.78 is 9.98. The van der Waals surface area contributed by atoms with Crippen molar-refractivity contribution in [2.45, 2.75) is 70.6 Å². The molecule has 2 aliphatic rings. The van der Waals surface area contributed by atoms with Gasteiger partial charge < -0.3 is 15.4 Å². The van der Waals surface area contributed by atoms with E-state index in [0.29, 0.717) is 29.5 Å². The normalized spacial score (nSPS) is 21.7. The standard InChI is InChI=1S/C25H35IN8O/c1-4-21-25(34(26)18-6-7-19(12-18)35-3)31-22-20(14-28-24(27)23(22)30-21)16-13-29-33(15-16)17-8-10-32(5-2)11-9-17/h13-15,17-19H,4-12H2,1-3H3,(H2,27,28)/t18-,19+/m1/s1. The van der Waals surface area contributed by atoms with Gasteiger partial charge in [0.05, 0.1) is 46.9 Å². The third kappa shape index (κ3) is 4.84. The molecule has 3 aromatic heterocycles. The molecular formula is C25H35IN8O. The van der Waals surface area contributed by atoms with Crippen molar-refractivity contribution in [1.29, 1.82) is 0 Å². The topological polar surface area (TPSA) is 98.2 Å². The summed E-state index contributed by atoms with van der Waals surface area (Å²) in [7, 11) is 1.80. The number of hydrogen-bond donors (Lipinski definition) is 1. The Bertz CT molecular complexity index is 1180. The van der Waals surface area contributed by atoms with Crippen molar-refractivity contribution in [2.24, 2.45) is 0 Å². The Morgan fingerprint density at radius 3 is 2.60 bits per heavy atom. The summed E-state index contributed by atoms with van der Waals surface area (Å²) in [5, 5.41) is 4.73. The van der Waals surface area contributed by atoms with E-state index in [0.717, 1.165) is 86.3 Å². The summed E-state index contributed by atoms with van der Waals surface area (Å²) in [5.41, 5.74) is 10.6. The molecule has 0 aromatic carbocycles. The first-order valence-electron chi connectivity index (χ1n) is 12.7. The van der Waals surface area contributed by atoms with E-state index in [-0.39, 0.29) is 0 Å². The maximum Gasteiger partial charge on any atom is 0.160 e. The summed E-state index contributed by atoms with van der Waals surface area (Å²) in [6.45, 7) is 7.69. The van der Waals surface area contributed by atoms with Crippen molar-refractivity contribution in [2.75, 3.05) is 35.6 Å². The van der Waals surface area contributed by atoms with Crippen molar-refractivity contribution in [1.82, 2.24) is 29.6 Å². The lowest BCUT2D eigenvalue weighted by Gasteiger charge is -2.31. The molecule has 0 unspecified atom stereocenters. The second-order valence-electron chi connectivity index (χ2n) is 9.61. The van der Waals surface area contributed by atoms with Gasteiger partial charge in [0.15, 0.2) is 11.6 Å². The number of hydrogen-bond acceptors (Lipinski definition) is 8. The Balaban J connectivity index is 1.50. The lowest BCUT2D eigenvalue weighted by Crippen LogP contribution is -2.34. The number of aromatic nitrogens is 5. The highest BCUT2D eigenvalue weighted by Gasteiger charge is 2.31. The third-order valence-corrected chi connectivity index (χ3v) is 8.86. The molecule has 2 fully saturated rings. The zero-order valence-electron chi connectivity index (χ0n) is 20.8. The number of ether oxygens (including phenoxy) is 1. The Morgan fingerprint density at radius 2 is 1.91 bits per heavy atom. The molecule has 0 bridgehead atoms. The average molecular weight is 591 g/mol. The smallest absolute Gasteiger partial charge is 0.160 e. The third-order valence-electron chi connectivity index (χ3n) is 7.62. The number of aryl methyl sites for hydroxylation is 1. The fourth-order valence-corrected chi connectivity index (χ4v) is 6.28. The summed E-state index contributed by atoms with van der Waals surface area (Å²) in [6.07, 6.45) is 12.3. The predicted molar refractivity (Wildman–Crippen MR) is 148 cm³/mol. The molecule has 1 saturated carbocycles. The number of fused-ring (bicyclic) bond motifs is 1. The molecule has 3 aromatic rings. The highest BCUT2D eigenvalue weighted by atomic mass is 127. The fourth-order valence-electron chi connectivity index (χ4n) is 5.39. The van der Waals surface area contributed by atoms with Crippen LogP contribution in [0.3, 0.4) is 0 Å². The minimum Gasteiger partial charge on any atom is -0.382 e. The van der Waals surface area contributed by atoms with Crippen LogP contribution in [0.15, 0.2) is 18.6 Å². The van der Waals surface area contributed by atoms with E-state index < -0.39 is 0 Å². The Labute approximate surface area is 220 Å². The van der Waals surface area contributed by atoms with Crippen molar-refractivity contribution < 1.29 is 4.74 Å². The number of likely N-dealkylation sites (tertiary alicyclic amines) is 1. The van der Waals surface area contributed by atoms with Crippen molar-refractivity contribution in [3.8, 4) is 11.1 Å². The molecule has 188 valence electrons. The van der Waals surface area contributed by atoms with E-state index in [4.69, 9.17) is 25.5 Å². The predicted octanol–water partition coefficient (Wildman–Crippen LogP) is 4.41. The first kappa shape index (κ1) is 24.6. The van der Waals surface area contributed by atoms with Crippen LogP contribution in [-0.4, -0.2) is 68.5 Å². The van der Waals surface area contributed by atoms with Crippen LogP contribution in [0.25, 0.3) is 22.2 Å². The second-order valence-corrected chi connectivity index (χ2v) is 10.7. The maximum atomic E-state index is 6.29. The number of nitrogens with two attached hydrogens (primary N) is 1. The van der Waals surface area contributed by atoms with Crippen LogP contribution in [0, 0.1) is 0 Å². The number of halogens is 1. The van der Waals surface area contributed by atoms with E-state index >= 15 is 0 Å². The van der Waals surface area contributed by atoms with Gasteiger partial charge in [-0.25, -0.2) is 15.0 Å². The number of anilines is 2. The number of nitrogens with zero attached hydrogens (tertiary/aromatic N) is 7. The van der Waals surface area contributed by atoms with Crippen LogP contribution >= 0.6 is 22.9 Å². The first-order chi connectivity index (χ1) is 17.0. The lowest BCUT2D eigenvalue weighted by molar-refractivity contribution is 0.108. The molecule has 35 heavy (non-hydrogen) atoms. The average Bonchev–Trinajstić information content (AvgIpc) is 3.58. The monoisotopic (exact) mass is 590 g/mol. The van der Waals surface area contributed by atoms with Crippen LogP contribution in [-0.2, 0) is 11.2 Å².